The van der Waals surface area contributed by atoms with Crippen LogP contribution >= 0.6 is 0 Å². The highest BCUT2D eigenvalue weighted by Gasteiger charge is 2.32. The largest absolute Gasteiger partial charge is 0.342 e. The number of likely N-dealkylation sites (tertiary alicyclic amines) is 1. The highest BCUT2D eigenvalue weighted by atomic mass is 16.2. The fourth-order valence-electron chi connectivity index (χ4n) is 5.52. The molecule has 1 saturated carbocycles. The van der Waals surface area contributed by atoms with Gasteiger partial charge >= 0.3 is 0 Å². The van der Waals surface area contributed by atoms with Crippen LogP contribution in [0.5, 0.6) is 0 Å². The number of carbonyl (C=O) groups excluding carboxylic acids is 1. The maximum atomic E-state index is 12.8. The summed E-state index contributed by atoms with van der Waals surface area (Å²) in [5.41, 5.74) is 2.90. The summed E-state index contributed by atoms with van der Waals surface area (Å²) in [5.74, 6) is 1.03. The number of nitrogens with zero attached hydrogens (tertiary/aromatic N) is 3. The minimum absolute atomic E-state index is 0.0253. The first kappa shape index (κ1) is 20.4. The van der Waals surface area contributed by atoms with Gasteiger partial charge in [0.15, 0.2) is 0 Å². The van der Waals surface area contributed by atoms with Gasteiger partial charge in [-0.3, -0.25) is 14.5 Å². The summed E-state index contributed by atoms with van der Waals surface area (Å²) in [6, 6.07) is 10.5. The zero-order valence-corrected chi connectivity index (χ0v) is 18.2. The maximum absolute atomic E-state index is 12.8. The Labute approximate surface area is 183 Å². The van der Waals surface area contributed by atoms with Crippen molar-refractivity contribution in [2.75, 3.05) is 19.6 Å². The Morgan fingerprint density at radius 2 is 1.87 bits per heavy atom. The van der Waals surface area contributed by atoms with E-state index in [1.54, 1.807) is 0 Å². The molecule has 0 unspecified atom stereocenters. The standard InChI is InChI=1S/C25H32N4O2/c30-23(15-18-7-3-1-4-8-18)29-13-11-19(16-29)24-26-22-17-28(20-9-5-2-6-10-20)14-12-21(22)25(31)27-24/h1,3-4,7-8,19-20H,2,5-6,9-17H2,(H,26,27,31)/t19-/m1/s1. The van der Waals surface area contributed by atoms with Gasteiger partial charge in [0.05, 0.1) is 12.1 Å². The number of carbonyl (C=O) groups is 1. The van der Waals surface area contributed by atoms with Gasteiger partial charge in [0.25, 0.3) is 5.56 Å². The lowest BCUT2D eigenvalue weighted by atomic mass is 9.92. The minimum Gasteiger partial charge on any atom is -0.342 e. The second-order valence-corrected chi connectivity index (χ2v) is 9.38. The van der Waals surface area contributed by atoms with Crippen molar-refractivity contribution in [3.63, 3.8) is 0 Å². The van der Waals surface area contributed by atoms with Crippen molar-refractivity contribution in [2.24, 2.45) is 0 Å². The molecule has 1 aromatic carbocycles. The molecule has 1 aromatic heterocycles. The zero-order chi connectivity index (χ0) is 21.2. The summed E-state index contributed by atoms with van der Waals surface area (Å²) in [7, 11) is 0. The highest BCUT2D eigenvalue weighted by molar-refractivity contribution is 5.79. The van der Waals surface area contributed by atoms with Crippen LogP contribution in [0.3, 0.4) is 0 Å². The molecule has 5 rings (SSSR count). The molecular formula is C25H32N4O2. The number of amides is 1. The van der Waals surface area contributed by atoms with Crippen LogP contribution in [-0.2, 0) is 24.2 Å². The molecule has 1 amide bonds. The molecule has 0 spiro atoms. The smallest absolute Gasteiger partial charge is 0.254 e. The lowest BCUT2D eigenvalue weighted by Crippen LogP contribution is -2.42. The monoisotopic (exact) mass is 420 g/mol. The van der Waals surface area contributed by atoms with Crippen molar-refractivity contribution in [3.8, 4) is 0 Å². The minimum atomic E-state index is 0.0253. The van der Waals surface area contributed by atoms with E-state index in [2.05, 4.69) is 9.88 Å². The van der Waals surface area contributed by atoms with Gasteiger partial charge in [0.1, 0.15) is 5.82 Å². The number of benzene rings is 1. The summed E-state index contributed by atoms with van der Waals surface area (Å²) < 4.78 is 0. The van der Waals surface area contributed by atoms with Crippen LogP contribution in [0, 0.1) is 0 Å². The van der Waals surface area contributed by atoms with Gasteiger partial charge in [-0.15, -0.1) is 0 Å². The van der Waals surface area contributed by atoms with Crippen LogP contribution in [0.1, 0.15) is 67.1 Å². The molecule has 6 heteroatoms. The van der Waals surface area contributed by atoms with Gasteiger partial charge in [-0.25, -0.2) is 4.98 Å². The summed E-state index contributed by atoms with van der Waals surface area (Å²) in [6.45, 7) is 3.12. The average Bonchev–Trinajstić information content (AvgIpc) is 3.31. The molecule has 0 radical (unpaired) electrons. The normalized spacial score (nSPS) is 22.5. The molecule has 1 saturated heterocycles. The number of hydrogen-bond donors (Lipinski definition) is 1. The predicted octanol–water partition coefficient (Wildman–Crippen LogP) is 3.02. The van der Waals surface area contributed by atoms with Crippen molar-refractivity contribution in [1.82, 2.24) is 19.8 Å². The van der Waals surface area contributed by atoms with E-state index in [0.717, 1.165) is 55.1 Å². The lowest BCUT2D eigenvalue weighted by molar-refractivity contribution is -0.129. The van der Waals surface area contributed by atoms with E-state index in [-0.39, 0.29) is 17.4 Å². The molecule has 3 aliphatic rings. The molecule has 3 heterocycles. The second kappa shape index (κ2) is 8.95. The summed E-state index contributed by atoms with van der Waals surface area (Å²) in [4.78, 5) is 38.0. The number of H-pyrrole nitrogens is 1. The fraction of sp³-hybridized carbons (Fsp3) is 0.560. The number of aromatic nitrogens is 2. The van der Waals surface area contributed by atoms with E-state index in [0.29, 0.717) is 19.0 Å². The van der Waals surface area contributed by atoms with Gasteiger partial charge in [-0.05, 0) is 31.2 Å². The van der Waals surface area contributed by atoms with E-state index in [4.69, 9.17) is 4.98 Å². The van der Waals surface area contributed by atoms with Gasteiger partial charge in [-0.1, -0.05) is 49.6 Å². The molecular weight excluding hydrogens is 388 g/mol. The van der Waals surface area contributed by atoms with Crippen LogP contribution in [0.2, 0.25) is 0 Å². The third-order valence-corrected chi connectivity index (χ3v) is 7.34. The number of fused-ring (bicyclic) bond motifs is 1. The van der Waals surface area contributed by atoms with E-state index >= 15 is 0 Å². The Kier molecular flexibility index (Phi) is 5.90. The molecule has 31 heavy (non-hydrogen) atoms. The van der Waals surface area contributed by atoms with Crippen LogP contribution in [-0.4, -0.2) is 51.4 Å². The topological polar surface area (TPSA) is 69.3 Å². The molecule has 2 fully saturated rings. The highest BCUT2D eigenvalue weighted by Crippen LogP contribution is 2.29. The second-order valence-electron chi connectivity index (χ2n) is 9.38. The fourth-order valence-corrected chi connectivity index (χ4v) is 5.52. The van der Waals surface area contributed by atoms with E-state index < -0.39 is 0 Å². The van der Waals surface area contributed by atoms with Crippen molar-refractivity contribution in [3.05, 3.63) is 63.3 Å². The molecule has 2 aromatic rings. The molecule has 2 aliphatic heterocycles. The number of aromatic amines is 1. The Morgan fingerprint density at radius 3 is 2.68 bits per heavy atom. The van der Waals surface area contributed by atoms with E-state index in [1.807, 2.05) is 35.2 Å². The van der Waals surface area contributed by atoms with Crippen molar-refractivity contribution in [2.45, 2.75) is 69.9 Å². The SMILES string of the molecule is O=C(Cc1ccccc1)N1CC[C@@H](c2nc3c(c(=O)[nH]2)CCN(C2CCCCC2)C3)C1. The number of rotatable bonds is 4. The Hall–Kier alpha value is -2.47. The summed E-state index contributed by atoms with van der Waals surface area (Å²) in [5, 5.41) is 0. The van der Waals surface area contributed by atoms with Crippen molar-refractivity contribution in [1.29, 1.82) is 0 Å². The van der Waals surface area contributed by atoms with Gasteiger partial charge < -0.3 is 9.88 Å². The van der Waals surface area contributed by atoms with Crippen molar-refractivity contribution >= 4 is 5.91 Å². The summed E-state index contributed by atoms with van der Waals surface area (Å²) >= 11 is 0. The van der Waals surface area contributed by atoms with Crippen LogP contribution in [0.15, 0.2) is 35.1 Å². The zero-order valence-electron chi connectivity index (χ0n) is 18.2. The number of nitrogens with one attached hydrogen (secondary N) is 1. The molecule has 1 aliphatic carbocycles. The third-order valence-electron chi connectivity index (χ3n) is 7.34. The molecule has 0 bridgehead atoms. The Morgan fingerprint density at radius 1 is 1.06 bits per heavy atom. The lowest BCUT2D eigenvalue weighted by Gasteiger charge is -2.37. The van der Waals surface area contributed by atoms with Crippen LogP contribution in [0.25, 0.3) is 0 Å². The Bertz CT molecular complexity index is 981. The van der Waals surface area contributed by atoms with Gasteiger partial charge in [0.2, 0.25) is 5.91 Å². The van der Waals surface area contributed by atoms with E-state index in [1.165, 1.54) is 32.1 Å². The van der Waals surface area contributed by atoms with Gasteiger partial charge in [-0.2, -0.15) is 0 Å². The van der Waals surface area contributed by atoms with Crippen molar-refractivity contribution < 1.29 is 4.79 Å². The van der Waals surface area contributed by atoms with Crippen LogP contribution < -0.4 is 5.56 Å². The molecule has 1 N–H and O–H groups in total. The predicted molar refractivity (Wildman–Crippen MR) is 120 cm³/mol. The van der Waals surface area contributed by atoms with Gasteiger partial charge in [0, 0.05) is 43.7 Å². The summed E-state index contributed by atoms with van der Waals surface area (Å²) in [6.07, 6.45) is 8.60. The molecule has 6 nitrogen and oxygen atoms in total. The average molecular weight is 421 g/mol. The first-order chi connectivity index (χ1) is 15.2. The maximum Gasteiger partial charge on any atom is 0.254 e. The van der Waals surface area contributed by atoms with Crippen LogP contribution in [0.4, 0.5) is 0 Å². The first-order valence-electron chi connectivity index (χ1n) is 11.8. The van der Waals surface area contributed by atoms with E-state index in [9.17, 15) is 9.59 Å². The first-order valence-corrected chi connectivity index (χ1v) is 11.8. The molecule has 1 atom stereocenters. The number of hydrogen-bond acceptors (Lipinski definition) is 4. The molecule has 164 valence electrons. The Balaban J connectivity index is 1.27. The quantitative estimate of drug-likeness (QED) is 0.826. The third kappa shape index (κ3) is 4.45.